The number of amides is 1. The molecule has 4 atom stereocenters. The number of carbonyl (C=O) groups excluding carboxylic acids is 1. The normalized spacial score (nSPS) is 23.6. The van der Waals surface area contributed by atoms with Gasteiger partial charge in [-0.25, -0.2) is 9.37 Å². The highest BCUT2D eigenvalue weighted by Crippen LogP contribution is 2.33. The van der Waals surface area contributed by atoms with E-state index in [1.165, 1.54) is 0 Å². The number of rotatable bonds is 6. The van der Waals surface area contributed by atoms with Crippen LogP contribution in [0.15, 0.2) is 41.5 Å². The van der Waals surface area contributed by atoms with Crippen LogP contribution >= 0.6 is 0 Å². The first-order chi connectivity index (χ1) is 14.5. The Morgan fingerprint density at radius 1 is 1.37 bits per heavy atom. The number of nitrogens with one attached hydrogen (secondary N) is 2. The van der Waals surface area contributed by atoms with Crippen LogP contribution in [0.3, 0.4) is 0 Å². The average molecular weight is 419 g/mol. The van der Waals surface area contributed by atoms with Gasteiger partial charge in [0, 0.05) is 0 Å². The Hall–Kier alpha value is -3.35. The van der Waals surface area contributed by atoms with E-state index in [0.29, 0.717) is 5.75 Å². The number of hydrogen-bond acceptors (Lipinski definition) is 8. The molecule has 4 rings (SSSR count). The fourth-order valence-corrected chi connectivity index (χ4v) is 3.08. The van der Waals surface area contributed by atoms with Crippen molar-refractivity contribution in [3.63, 3.8) is 0 Å². The third-order valence-corrected chi connectivity index (χ3v) is 4.55. The Balaban J connectivity index is 1.55. The third-order valence-electron chi connectivity index (χ3n) is 4.55. The first-order valence-corrected chi connectivity index (χ1v) is 9.01. The molecular formula is C18H18FN5O6. The molecule has 1 aliphatic heterocycles. The van der Waals surface area contributed by atoms with Gasteiger partial charge in [0.05, 0.1) is 12.9 Å². The molecule has 1 fully saturated rings. The lowest BCUT2D eigenvalue weighted by molar-refractivity contribution is -0.118. The molecule has 30 heavy (non-hydrogen) atoms. The van der Waals surface area contributed by atoms with Crippen molar-refractivity contribution in [2.75, 3.05) is 18.5 Å². The van der Waals surface area contributed by atoms with E-state index in [2.05, 4.69) is 20.3 Å². The lowest BCUT2D eigenvalue weighted by Gasteiger charge is -2.15. The van der Waals surface area contributed by atoms with Gasteiger partial charge >= 0.3 is 0 Å². The largest absolute Gasteiger partial charge is 0.484 e. The van der Waals surface area contributed by atoms with Gasteiger partial charge < -0.3 is 19.7 Å². The van der Waals surface area contributed by atoms with Crippen LogP contribution in [0.4, 0.5) is 10.3 Å². The maximum Gasteiger partial charge on any atom is 0.280 e. The van der Waals surface area contributed by atoms with E-state index in [1.807, 2.05) is 0 Å². The second-order valence-electron chi connectivity index (χ2n) is 6.57. The van der Waals surface area contributed by atoms with Crippen LogP contribution in [0.5, 0.6) is 5.75 Å². The van der Waals surface area contributed by atoms with Crippen molar-refractivity contribution in [1.29, 1.82) is 0 Å². The summed E-state index contributed by atoms with van der Waals surface area (Å²) in [4.78, 5) is 34.8. The highest BCUT2D eigenvalue weighted by Gasteiger charge is 2.45. The van der Waals surface area contributed by atoms with Crippen LogP contribution in [0.2, 0.25) is 0 Å². The van der Waals surface area contributed by atoms with Gasteiger partial charge in [-0.15, -0.1) is 0 Å². The summed E-state index contributed by atoms with van der Waals surface area (Å²) in [6.45, 7) is -0.908. The minimum absolute atomic E-state index is 0.0588. The number of benzene rings is 1. The van der Waals surface area contributed by atoms with Gasteiger partial charge in [-0.2, -0.15) is 4.98 Å². The highest BCUT2D eigenvalue weighted by molar-refractivity contribution is 5.90. The Morgan fingerprint density at radius 3 is 2.83 bits per heavy atom. The van der Waals surface area contributed by atoms with Gasteiger partial charge in [-0.05, 0) is 12.1 Å². The number of aliphatic hydroxyl groups excluding tert-OH is 2. The van der Waals surface area contributed by atoms with Crippen LogP contribution < -0.4 is 15.6 Å². The topological polar surface area (TPSA) is 152 Å². The predicted octanol–water partition coefficient (Wildman–Crippen LogP) is -0.274. The summed E-state index contributed by atoms with van der Waals surface area (Å²) in [7, 11) is 0. The van der Waals surface area contributed by atoms with Crippen LogP contribution in [-0.4, -0.2) is 67.2 Å². The highest BCUT2D eigenvalue weighted by atomic mass is 19.1. The van der Waals surface area contributed by atoms with Gasteiger partial charge in [-0.3, -0.25) is 24.5 Å². The monoisotopic (exact) mass is 419 g/mol. The first kappa shape index (κ1) is 19.9. The fraction of sp³-hybridized carbons (Fsp3) is 0.333. The molecule has 0 unspecified atom stereocenters. The molecule has 0 spiro atoms. The summed E-state index contributed by atoms with van der Waals surface area (Å²) >= 11 is 0. The SMILES string of the molecule is O=C(COc1ccccc1)Nc1nc2c(ncn2[C@@H]2O[C@H](CO)[C@@H](O)[C@H]2F)c(=O)[nH]1. The lowest BCUT2D eigenvalue weighted by atomic mass is 10.1. The zero-order valence-corrected chi connectivity index (χ0v) is 15.4. The zero-order valence-electron chi connectivity index (χ0n) is 15.4. The molecule has 0 saturated carbocycles. The molecule has 1 aliphatic rings. The Bertz CT molecular complexity index is 1100. The summed E-state index contributed by atoms with van der Waals surface area (Å²) in [5.41, 5.74) is -0.826. The number of fused-ring (bicyclic) bond motifs is 1. The zero-order chi connectivity index (χ0) is 21.3. The van der Waals surface area contributed by atoms with E-state index in [9.17, 15) is 24.2 Å². The van der Waals surface area contributed by atoms with E-state index in [1.54, 1.807) is 30.3 Å². The molecule has 158 valence electrons. The molecule has 1 aromatic carbocycles. The Labute approximate surface area is 168 Å². The van der Waals surface area contributed by atoms with Crippen LogP contribution in [0, 0.1) is 0 Å². The third kappa shape index (κ3) is 3.75. The Morgan fingerprint density at radius 2 is 2.13 bits per heavy atom. The summed E-state index contributed by atoms with van der Waals surface area (Å²) in [5, 5.41) is 21.4. The summed E-state index contributed by atoms with van der Waals surface area (Å²) in [5.74, 6) is -0.278. The van der Waals surface area contributed by atoms with Crippen LogP contribution in [0.1, 0.15) is 6.23 Å². The molecule has 3 aromatic rings. The second kappa shape index (κ2) is 8.18. The molecule has 1 amide bonds. The lowest BCUT2D eigenvalue weighted by Crippen LogP contribution is -2.30. The number of anilines is 1. The summed E-state index contributed by atoms with van der Waals surface area (Å²) < 4.78 is 26.2. The number of ether oxygens (including phenoxy) is 2. The van der Waals surface area contributed by atoms with Crippen molar-refractivity contribution < 1.29 is 28.9 Å². The smallest absolute Gasteiger partial charge is 0.280 e. The maximum atomic E-state index is 14.4. The van der Waals surface area contributed by atoms with Gasteiger partial charge in [0.15, 0.2) is 30.2 Å². The average Bonchev–Trinajstić information content (AvgIpc) is 3.29. The minimum Gasteiger partial charge on any atom is -0.484 e. The van der Waals surface area contributed by atoms with Gasteiger partial charge in [-0.1, -0.05) is 18.2 Å². The van der Waals surface area contributed by atoms with Crippen LogP contribution in [0.25, 0.3) is 11.2 Å². The number of imidazole rings is 1. The Kier molecular flexibility index (Phi) is 5.44. The quantitative estimate of drug-likeness (QED) is 0.426. The molecular weight excluding hydrogens is 401 g/mol. The molecule has 1 saturated heterocycles. The number of para-hydroxylation sites is 1. The van der Waals surface area contributed by atoms with Gasteiger partial charge in [0.2, 0.25) is 5.95 Å². The summed E-state index contributed by atoms with van der Waals surface area (Å²) in [6, 6.07) is 8.67. The van der Waals surface area contributed by atoms with Crippen molar-refractivity contribution >= 4 is 23.0 Å². The molecule has 3 heterocycles. The van der Waals surface area contributed by atoms with Crippen molar-refractivity contribution in [2.24, 2.45) is 0 Å². The number of aromatic nitrogens is 4. The molecule has 2 aromatic heterocycles. The molecule has 0 bridgehead atoms. The molecule has 4 N–H and O–H groups in total. The fourth-order valence-electron chi connectivity index (χ4n) is 3.08. The number of aliphatic hydroxyl groups is 2. The van der Waals surface area contributed by atoms with E-state index in [4.69, 9.17) is 9.47 Å². The van der Waals surface area contributed by atoms with Crippen molar-refractivity contribution in [3.8, 4) is 5.75 Å². The van der Waals surface area contributed by atoms with Gasteiger partial charge in [0.25, 0.3) is 11.5 Å². The molecule has 0 aliphatic carbocycles. The van der Waals surface area contributed by atoms with E-state index in [0.717, 1.165) is 10.9 Å². The maximum absolute atomic E-state index is 14.4. The number of nitrogens with zero attached hydrogens (tertiary/aromatic N) is 3. The van der Waals surface area contributed by atoms with E-state index in [-0.39, 0.29) is 23.7 Å². The molecule has 12 heteroatoms. The number of hydrogen-bond donors (Lipinski definition) is 4. The number of halogens is 1. The summed E-state index contributed by atoms with van der Waals surface area (Å²) in [6.07, 6.45) is -4.76. The molecule has 0 radical (unpaired) electrons. The van der Waals surface area contributed by atoms with E-state index >= 15 is 0 Å². The second-order valence-corrected chi connectivity index (χ2v) is 6.57. The minimum atomic E-state index is -1.88. The van der Waals surface area contributed by atoms with Crippen molar-refractivity contribution in [3.05, 3.63) is 47.0 Å². The number of alkyl halides is 1. The molecule has 11 nitrogen and oxygen atoms in total. The number of H-pyrrole nitrogens is 1. The van der Waals surface area contributed by atoms with Crippen molar-refractivity contribution in [1.82, 2.24) is 19.5 Å². The van der Waals surface area contributed by atoms with Gasteiger partial charge in [0.1, 0.15) is 18.0 Å². The number of carbonyl (C=O) groups is 1. The number of aromatic amines is 1. The predicted molar refractivity (Wildman–Crippen MR) is 101 cm³/mol. The standard InChI is InChI=1S/C18H18FN5O6/c19-12-14(27)10(6-25)30-17(12)24-8-20-13-15(24)22-18(23-16(13)28)21-11(26)7-29-9-4-2-1-3-5-9/h1-5,8,10,12,14,17,25,27H,6-7H2,(H2,21,22,23,26,28)/t10-,12-,14-,17-/m1/s1. The first-order valence-electron chi connectivity index (χ1n) is 9.01. The van der Waals surface area contributed by atoms with Crippen molar-refractivity contribution in [2.45, 2.75) is 24.6 Å². The van der Waals surface area contributed by atoms with Crippen LogP contribution in [-0.2, 0) is 9.53 Å². The van der Waals surface area contributed by atoms with E-state index < -0.39 is 42.7 Å².